The Balaban J connectivity index is 2.65. The zero-order valence-corrected chi connectivity index (χ0v) is 10.7. The number of rotatable bonds is 5. The molecule has 1 rings (SSSR count). The lowest BCUT2D eigenvalue weighted by molar-refractivity contribution is -0.119. The number of nitrogen functional groups attached to an aromatic ring is 1. The van der Waals surface area contributed by atoms with Crippen molar-refractivity contribution in [2.75, 3.05) is 12.3 Å². The Morgan fingerprint density at radius 1 is 1.44 bits per heavy atom. The van der Waals surface area contributed by atoms with E-state index in [1.54, 1.807) is 12.1 Å². The monoisotopic (exact) mass is 252 g/mol. The van der Waals surface area contributed by atoms with Crippen molar-refractivity contribution in [2.45, 2.75) is 32.5 Å². The lowest BCUT2D eigenvalue weighted by Gasteiger charge is -2.20. The predicted molar refractivity (Wildman–Crippen MR) is 69.9 cm³/mol. The van der Waals surface area contributed by atoms with Crippen LogP contribution < -0.4 is 11.1 Å². The molecule has 2 unspecified atom stereocenters. The van der Waals surface area contributed by atoms with Gasteiger partial charge >= 0.3 is 0 Å². The molecule has 0 fully saturated rings. The number of nitrogens with one attached hydrogen (secondary N) is 1. The van der Waals surface area contributed by atoms with Crippen LogP contribution in [-0.2, 0) is 4.79 Å². The van der Waals surface area contributed by atoms with Crippen LogP contribution in [0.3, 0.4) is 0 Å². The summed E-state index contributed by atoms with van der Waals surface area (Å²) in [6.07, 6.45) is -1.73. The lowest BCUT2D eigenvalue weighted by atomic mass is 9.98. The van der Waals surface area contributed by atoms with Crippen LogP contribution in [-0.4, -0.2) is 28.8 Å². The highest BCUT2D eigenvalue weighted by molar-refractivity contribution is 5.72. The van der Waals surface area contributed by atoms with E-state index in [0.717, 1.165) is 5.56 Å². The van der Waals surface area contributed by atoms with Gasteiger partial charge in [0.2, 0.25) is 5.91 Å². The van der Waals surface area contributed by atoms with Crippen molar-refractivity contribution in [3.63, 3.8) is 0 Å². The number of anilines is 1. The molecule has 1 aromatic carbocycles. The number of aryl methyl sites for hydroxylation is 1. The van der Waals surface area contributed by atoms with E-state index in [0.29, 0.717) is 17.8 Å². The Bertz CT molecular complexity index is 421. The average Bonchev–Trinajstić information content (AvgIpc) is 2.31. The normalized spacial score (nSPS) is 14.0. The van der Waals surface area contributed by atoms with Crippen LogP contribution in [0.25, 0.3) is 0 Å². The summed E-state index contributed by atoms with van der Waals surface area (Å²) in [4.78, 5) is 10.7. The second-order valence-corrected chi connectivity index (χ2v) is 4.36. The van der Waals surface area contributed by atoms with Crippen LogP contribution in [0.4, 0.5) is 5.69 Å². The molecule has 5 heteroatoms. The average molecular weight is 252 g/mol. The number of hydrogen-bond acceptors (Lipinski definition) is 4. The van der Waals surface area contributed by atoms with Gasteiger partial charge in [-0.15, -0.1) is 0 Å². The maximum atomic E-state index is 10.7. The van der Waals surface area contributed by atoms with Crippen molar-refractivity contribution >= 4 is 11.6 Å². The minimum absolute atomic E-state index is 0.160. The maximum Gasteiger partial charge on any atom is 0.216 e. The van der Waals surface area contributed by atoms with Gasteiger partial charge in [-0.1, -0.05) is 18.2 Å². The van der Waals surface area contributed by atoms with Gasteiger partial charge in [0.1, 0.15) is 6.10 Å². The van der Waals surface area contributed by atoms with Gasteiger partial charge in [-0.25, -0.2) is 0 Å². The van der Waals surface area contributed by atoms with Crippen LogP contribution in [0.1, 0.15) is 30.6 Å². The quantitative estimate of drug-likeness (QED) is 0.574. The fourth-order valence-electron chi connectivity index (χ4n) is 1.72. The molecule has 2 atom stereocenters. The van der Waals surface area contributed by atoms with E-state index >= 15 is 0 Å². The molecular weight excluding hydrogens is 232 g/mol. The zero-order chi connectivity index (χ0) is 13.7. The summed E-state index contributed by atoms with van der Waals surface area (Å²) in [6.45, 7) is 3.57. The number of aliphatic hydroxyl groups is 2. The molecule has 0 saturated carbocycles. The summed E-state index contributed by atoms with van der Waals surface area (Å²) >= 11 is 0. The van der Waals surface area contributed by atoms with Crippen molar-refractivity contribution in [1.82, 2.24) is 5.32 Å². The van der Waals surface area contributed by atoms with E-state index in [4.69, 9.17) is 5.73 Å². The van der Waals surface area contributed by atoms with Crippen molar-refractivity contribution in [2.24, 2.45) is 0 Å². The van der Waals surface area contributed by atoms with E-state index in [-0.39, 0.29) is 12.3 Å². The van der Waals surface area contributed by atoms with Gasteiger partial charge in [0, 0.05) is 24.7 Å². The number of amides is 1. The lowest BCUT2D eigenvalue weighted by Crippen LogP contribution is -2.28. The second kappa shape index (κ2) is 6.37. The molecule has 0 saturated heterocycles. The van der Waals surface area contributed by atoms with Gasteiger partial charge in [0.05, 0.1) is 6.10 Å². The van der Waals surface area contributed by atoms with Gasteiger partial charge in [-0.3, -0.25) is 4.79 Å². The number of carbonyl (C=O) groups is 1. The van der Waals surface area contributed by atoms with E-state index in [2.05, 4.69) is 5.32 Å². The Hall–Kier alpha value is -1.59. The maximum absolute atomic E-state index is 10.7. The smallest absolute Gasteiger partial charge is 0.216 e. The third-order valence-electron chi connectivity index (χ3n) is 2.86. The van der Waals surface area contributed by atoms with Crippen molar-refractivity contribution in [3.05, 3.63) is 29.3 Å². The predicted octanol–water partition coefficient (Wildman–Crippen LogP) is 0.498. The molecule has 1 amide bonds. The number of benzene rings is 1. The molecule has 18 heavy (non-hydrogen) atoms. The second-order valence-electron chi connectivity index (χ2n) is 4.36. The first-order chi connectivity index (χ1) is 8.43. The Morgan fingerprint density at radius 2 is 2.11 bits per heavy atom. The van der Waals surface area contributed by atoms with E-state index in [9.17, 15) is 15.0 Å². The molecule has 0 radical (unpaired) electrons. The van der Waals surface area contributed by atoms with Crippen LogP contribution in [0.15, 0.2) is 18.2 Å². The standard InChI is InChI=1S/C13H20N2O3/c1-8-4-3-5-10(12(8)14)13(18)11(17)6-7-15-9(2)16/h3-5,11,13,17-18H,6-7,14H2,1-2H3,(H,15,16). The van der Waals surface area contributed by atoms with Crippen molar-refractivity contribution < 1.29 is 15.0 Å². The zero-order valence-electron chi connectivity index (χ0n) is 10.7. The van der Waals surface area contributed by atoms with Gasteiger partial charge in [-0.2, -0.15) is 0 Å². The Kier molecular flexibility index (Phi) is 5.12. The van der Waals surface area contributed by atoms with Crippen molar-refractivity contribution in [1.29, 1.82) is 0 Å². The van der Waals surface area contributed by atoms with Crippen LogP contribution >= 0.6 is 0 Å². The highest BCUT2D eigenvalue weighted by Crippen LogP contribution is 2.26. The van der Waals surface area contributed by atoms with E-state index < -0.39 is 12.2 Å². The Morgan fingerprint density at radius 3 is 2.72 bits per heavy atom. The first-order valence-corrected chi connectivity index (χ1v) is 5.89. The largest absolute Gasteiger partial charge is 0.398 e. The molecule has 5 nitrogen and oxygen atoms in total. The molecule has 1 aromatic rings. The number of aliphatic hydroxyl groups excluding tert-OH is 2. The van der Waals surface area contributed by atoms with Crippen LogP contribution in [0, 0.1) is 6.92 Å². The molecule has 100 valence electrons. The summed E-state index contributed by atoms with van der Waals surface area (Å²) in [6, 6.07) is 5.31. The first kappa shape index (κ1) is 14.5. The Labute approximate surface area is 107 Å². The first-order valence-electron chi connectivity index (χ1n) is 5.89. The third-order valence-corrected chi connectivity index (χ3v) is 2.86. The molecule has 0 aliphatic carbocycles. The SMILES string of the molecule is CC(=O)NCCC(O)C(O)c1cccc(C)c1N. The summed E-state index contributed by atoms with van der Waals surface area (Å²) in [5.41, 5.74) is 7.73. The minimum atomic E-state index is -1.04. The van der Waals surface area contributed by atoms with E-state index in [1.807, 2.05) is 13.0 Å². The molecule has 0 aliphatic heterocycles. The molecule has 0 aromatic heterocycles. The topological polar surface area (TPSA) is 95.6 Å². The summed E-state index contributed by atoms with van der Waals surface area (Å²) in [5, 5.41) is 22.4. The van der Waals surface area contributed by atoms with Gasteiger partial charge in [-0.05, 0) is 18.9 Å². The fourth-order valence-corrected chi connectivity index (χ4v) is 1.72. The molecule has 0 aliphatic rings. The van der Waals surface area contributed by atoms with Crippen LogP contribution in [0.5, 0.6) is 0 Å². The number of para-hydroxylation sites is 1. The highest BCUT2D eigenvalue weighted by Gasteiger charge is 2.20. The number of carbonyl (C=O) groups excluding carboxylic acids is 1. The summed E-state index contributed by atoms with van der Waals surface area (Å²) < 4.78 is 0. The molecular formula is C13H20N2O3. The number of hydrogen-bond donors (Lipinski definition) is 4. The van der Waals surface area contributed by atoms with Gasteiger partial charge < -0.3 is 21.3 Å². The highest BCUT2D eigenvalue weighted by atomic mass is 16.3. The summed E-state index contributed by atoms with van der Waals surface area (Å²) in [5.74, 6) is -0.160. The molecule has 0 heterocycles. The van der Waals surface area contributed by atoms with Gasteiger partial charge in [0.15, 0.2) is 0 Å². The van der Waals surface area contributed by atoms with E-state index in [1.165, 1.54) is 6.92 Å². The molecule has 0 spiro atoms. The third kappa shape index (κ3) is 3.72. The summed E-state index contributed by atoms with van der Waals surface area (Å²) in [7, 11) is 0. The van der Waals surface area contributed by atoms with Crippen molar-refractivity contribution in [3.8, 4) is 0 Å². The molecule has 5 N–H and O–H groups in total. The fraction of sp³-hybridized carbons (Fsp3) is 0.462. The minimum Gasteiger partial charge on any atom is -0.398 e. The number of nitrogens with two attached hydrogens (primary N) is 1. The molecule has 0 bridgehead atoms. The van der Waals surface area contributed by atoms with Crippen LogP contribution in [0.2, 0.25) is 0 Å². The van der Waals surface area contributed by atoms with Gasteiger partial charge in [0.25, 0.3) is 0 Å².